The first-order valence-electron chi connectivity index (χ1n) is 7.82. The molecule has 0 amide bonds. The molecular weight excluding hydrogens is 312 g/mol. The number of carbonyl (C=O) groups is 3. The number of esters is 2. The maximum Gasteiger partial charge on any atom is 0.338 e. The Labute approximate surface area is 140 Å². The van der Waals surface area contributed by atoms with Gasteiger partial charge in [-0.1, -0.05) is 30.4 Å². The van der Waals surface area contributed by atoms with Crippen LogP contribution in [0.4, 0.5) is 0 Å². The van der Waals surface area contributed by atoms with Gasteiger partial charge in [-0.05, 0) is 25.5 Å². The molecule has 0 aliphatic heterocycles. The second kappa shape index (κ2) is 8.29. The van der Waals surface area contributed by atoms with Gasteiger partial charge in [0.05, 0.1) is 30.6 Å². The summed E-state index contributed by atoms with van der Waals surface area (Å²) in [6, 6.07) is 8.46. The lowest BCUT2D eigenvalue weighted by molar-refractivity contribution is -0.159. The Bertz CT molecular complexity index is 622. The highest BCUT2D eigenvalue weighted by atomic mass is 16.5. The molecule has 1 N–H and O–H groups in total. The number of rotatable bonds is 6. The smallest absolute Gasteiger partial charge is 0.338 e. The molecule has 1 aliphatic rings. The number of hydrogen-bond acceptors (Lipinski definition) is 5. The summed E-state index contributed by atoms with van der Waals surface area (Å²) >= 11 is 0. The van der Waals surface area contributed by atoms with E-state index in [1.165, 1.54) is 0 Å². The topological polar surface area (TPSA) is 89.9 Å². The van der Waals surface area contributed by atoms with Crippen LogP contribution in [-0.4, -0.2) is 36.2 Å². The summed E-state index contributed by atoms with van der Waals surface area (Å²) in [4.78, 5) is 35.6. The van der Waals surface area contributed by atoms with E-state index in [4.69, 9.17) is 9.47 Å². The molecule has 0 bridgehead atoms. The van der Waals surface area contributed by atoms with Crippen LogP contribution < -0.4 is 0 Å². The van der Waals surface area contributed by atoms with Gasteiger partial charge in [-0.2, -0.15) is 0 Å². The molecule has 0 aromatic heterocycles. The molecule has 0 saturated carbocycles. The number of carboxylic acid groups (broad SMARTS) is 1. The molecule has 24 heavy (non-hydrogen) atoms. The van der Waals surface area contributed by atoms with Crippen LogP contribution in [0.3, 0.4) is 0 Å². The fourth-order valence-electron chi connectivity index (χ4n) is 2.80. The second-order valence-electron chi connectivity index (χ2n) is 5.51. The van der Waals surface area contributed by atoms with Crippen LogP contribution in [0.2, 0.25) is 0 Å². The number of carbonyl (C=O) groups excluding carboxylic acids is 2. The lowest BCUT2D eigenvalue weighted by Crippen LogP contribution is -2.39. The van der Waals surface area contributed by atoms with Crippen LogP contribution in [0.25, 0.3) is 0 Å². The highest BCUT2D eigenvalue weighted by Gasteiger charge is 2.41. The summed E-state index contributed by atoms with van der Waals surface area (Å²) in [6.07, 6.45) is 3.73. The van der Waals surface area contributed by atoms with Crippen LogP contribution in [0.15, 0.2) is 42.5 Å². The molecule has 2 rings (SSSR count). The van der Waals surface area contributed by atoms with Crippen molar-refractivity contribution in [2.24, 2.45) is 17.8 Å². The average molecular weight is 332 g/mol. The quantitative estimate of drug-likeness (QED) is 0.635. The molecule has 0 fully saturated rings. The number of benzene rings is 1. The maximum absolute atomic E-state index is 12.0. The molecule has 1 aromatic rings. The number of ether oxygens (including phenoxy) is 2. The minimum Gasteiger partial charge on any atom is -0.481 e. The zero-order valence-electron chi connectivity index (χ0n) is 13.4. The minimum atomic E-state index is -1.10. The van der Waals surface area contributed by atoms with E-state index in [0.717, 1.165) is 0 Å². The molecule has 3 atom stereocenters. The van der Waals surface area contributed by atoms with Gasteiger partial charge < -0.3 is 14.6 Å². The predicted molar refractivity (Wildman–Crippen MR) is 85.2 cm³/mol. The van der Waals surface area contributed by atoms with Gasteiger partial charge in [0.15, 0.2) is 0 Å². The van der Waals surface area contributed by atoms with Gasteiger partial charge in [-0.3, -0.25) is 9.59 Å². The molecule has 0 spiro atoms. The van der Waals surface area contributed by atoms with E-state index in [1.54, 1.807) is 49.4 Å². The molecule has 0 radical (unpaired) electrons. The summed E-state index contributed by atoms with van der Waals surface area (Å²) in [5.74, 6) is -4.47. The lowest BCUT2D eigenvalue weighted by atomic mass is 9.76. The van der Waals surface area contributed by atoms with Crippen LogP contribution in [0.5, 0.6) is 0 Å². The van der Waals surface area contributed by atoms with Crippen LogP contribution in [0, 0.1) is 17.8 Å². The van der Waals surface area contributed by atoms with E-state index in [-0.39, 0.29) is 13.2 Å². The van der Waals surface area contributed by atoms with Crippen LogP contribution in [-0.2, 0) is 19.1 Å². The minimum absolute atomic E-state index is 0.100. The summed E-state index contributed by atoms with van der Waals surface area (Å²) in [6.45, 7) is 1.77. The first-order valence-corrected chi connectivity index (χ1v) is 7.82. The third-order valence-electron chi connectivity index (χ3n) is 3.96. The van der Waals surface area contributed by atoms with Crippen molar-refractivity contribution in [2.45, 2.75) is 13.3 Å². The maximum atomic E-state index is 12.0. The van der Waals surface area contributed by atoms with Crippen LogP contribution in [0.1, 0.15) is 23.7 Å². The van der Waals surface area contributed by atoms with E-state index in [1.807, 2.05) is 0 Å². The van der Waals surface area contributed by atoms with Crippen molar-refractivity contribution < 1.29 is 29.0 Å². The molecular formula is C18H20O6. The average Bonchev–Trinajstić information content (AvgIpc) is 2.60. The standard InChI is InChI=1S/C18H20O6/c1-2-23-18(22)14-10-6-9-13(15(14)16(19)20)11-24-17(21)12-7-4-3-5-8-12/h3-9,13-15H,2,10-11H2,1H3,(H,19,20)/t13-,14-,15-/m0/s1. The lowest BCUT2D eigenvalue weighted by Gasteiger charge is -2.30. The van der Waals surface area contributed by atoms with Gasteiger partial charge in [0.2, 0.25) is 0 Å². The Balaban J connectivity index is 2.06. The molecule has 1 aromatic carbocycles. The Morgan fingerprint density at radius 3 is 2.50 bits per heavy atom. The largest absolute Gasteiger partial charge is 0.481 e. The van der Waals surface area contributed by atoms with Crippen molar-refractivity contribution in [3.05, 3.63) is 48.0 Å². The first kappa shape index (κ1) is 17.7. The Kier molecular flexibility index (Phi) is 6.12. The number of aliphatic carboxylic acids is 1. The number of allylic oxidation sites excluding steroid dienone is 1. The van der Waals surface area contributed by atoms with E-state index >= 15 is 0 Å². The molecule has 0 saturated heterocycles. The monoisotopic (exact) mass is 332 g/mol. The van der Waals surface area contributed by atoms with Gasteiger partial charge >= 0.3 is 17.9 Å². The zero-order chi connectivity index (χ0) is 17.5. The van der Waals surface area contributed by atoms with E-state index in [9.17, 15) is 19.5 Å². The molecule has 6 nitrogen and oxygen atoms in total. The highest BCUT2D eigenvalue weighted by Crippen LogP contribution is 2.32. The third-order valence-corrected chi connectivity index (χ3v) is 3.96. The number of carboxylic acids is 1. The van der Waals surface area contributed by atoms with E-state index in [0.29, 0.717) is 12.0 Å². The second-order valence-corrected chi connectivity index (χ2v) is 5.51. The fraction of sp³-hybridized carbons (Fsp3) is 0.389. The van der Waals surface area contributed by atoms with Gasteiger partial charge in [-0.15, -0.1) is 0 Å². The molecule has 1 aliphatic carbocycles. The van der Waals surface area contributed by atoms with Crippen molar-refractivity contribution in [1.29, 1.82) is 0 Å². The van der Waals surface area contributed by atoms with Crippen molar-refractivity contribution >= 4 is 17.9 Å². The fourth-order valence-corrected chi connectivity index (χ4v) is 2.80. The molecule has 128 valence electrons. The molecule has 0 heterocycles. The van der Waals surface area contributed by atoms with Crippen molar-refractivity contribution in [1.82, 2.24) is 0 Å². The van der Waals surface area contributed by atoms with E-state index in [2.05, 4.69) is 0 Å². The Hall–Kier alpha value is -2.63. The van der Waals surface area contributed by atoms with Crippen molar-refractivity contribution in [2.75, 3.05) is 13.2 Å². The predicted octanol–water partition coefficient (Wildman–Crippen LogP) is 2.30. The van der Waals surface area contributed by atoms with Crippen LogP contribution >= 0.6 is 0 Å². The van der Waals surface area contributed by atoms with Gasteiger partial charge in [0, 0.05) is 5.92 Å². The van der Waals surface area contributed by atoms with Gasteiger partial charge in [0.1, 0.15) is 0 Å². The normalized spacial score (nSPS) is 22.6. The molecule has 6 heteroatoms. The molecule has 0 unspecified atom stereocenters. The third kappa shape index (κ3) is 4.22. The highest BCUT2D eigenvalue weighted by molar-refractivity contribution is 5.89. The number of hydrogen-bond donors (Lipinski definition) is 1. The Morgan fingerprint density at radius 1 is 1.17 bits per heavy atom. The van der Waals surface area contributed by atoms with Crippen molar-refractivity contribution in [3.8, 4) is 0 Å². The zero-order valence-corrected chi connectivity index (χ0v) is 13.4. The summed E-state index contributed by atoms with van der Waals surface area (Å²) in [5.41, 5.74) is 0.395. The van der Waals surface area contributed by atoms with E-state index < -0.39 is 35.7 Å². The summed E-state index contributed by atoms with van der Waals surface area (Å²) < 4.78 is 10.2. The van der Waals surface area contributed by atoms with Gasteiger partial charge in [-0.25, -0.2) is 4.79 Å². The van der Waals surface area contributed by atoms with Crippen molar-refractivity contribution in [3.63, 3.8) is 0 Å². The first-order chi connectivity index (χ1) is 11.5. The summed E-state index contributed by atoms with van der Waals surface area (Å²) in [5, 5.41) is 9.50. The SMILES string of the molecule is CCOC(=O)[C@H]1CC=C[C@@H](COC(=O)c2ccccc2)[C@@H]1C(=O)O. The van der Waals surface area contributed by atoms with Gasteiger partial charge in [0.25, 0.3) is 0 Å². The summed E-state index contributed by atoms with van der Waals surface area (Å²) in [7, 11) is 0. The Morgan fingerprint density at radius 2 is 1.88 bits per heavy atom.